The van der Waals surface area contributed by atoms with E-state index in [4.69, 9.17) is 28.5 Å². The van der Waals surface area contributed by atoms with Crippen molar-refractivity contribution in [1.29, 1.82) is 0 Å². The molecule has 0 bridgehead atoms. The molecule has 1 fully saturated rings. The van der Waals surface area contributed by atoms with Gasteiger partial charge in [0.05, 0.1) is 17.0 Å². The van der Waals surface area contributed by atoms with E-state index < -0.39 is 5.60 Å². The first-order valence-electron chi connectivity index (χ1n) is 6.55. The van der Waals surface area contributed by atoms with Gasteiger partial charge in [-0.05, 0) is 6.42 Å². The molecule has 2 aromatic rings. The minimum atomic E-state index is -0.980. The molecule has 3 atom stereocenters. The molecule has 21 heavy (non-hydrogen) atoms. The fourth-order valence-electron chi connectivity index (χ4n) is 2.77. The van der Waals surface area contributed by atoms with E-state index in [1.807, 2.05) is 6.92 Å². The molecule has 3 N–H and O–H groups in total. The van der Waals surface area contributed by atoms with E-state index in [1.165, 1.54) is 6.33 Å². The highest BCUT2D eigenvalue weighted by Crippen LogP contribution is 2.43. The Hall–Kier alpha value is -1.81. The largest absolute Gasteiger partial charge is 0.392 e. The average molecular weight is 307 g/mol. The quantitative estimate of drug-likeness (QED) is 0.823. The maximum absolute atomic E-state index is 9.57. The first kappa shape index (κ1) is 14.1. The third-order valence-corrected chi connectivity index (χ3v) is 4.37. The molecule has 7 heteroatoms. The van der Waals surface area contributed by atoms with Crippen molar-refractivity contribution < 1.29 is 9.84 Å². The SMILES string of the molecule is C#C[C@]1(CO)O[C@@H](n2cc(Cl)c3c(N)ncnc32)C[C@@H]1C. The minimum absolute atomic E-state index is 0.00732. The highest BCUT2D eigenvalue weighted by atomic mass is 35.5. The van der Waals surface area contributed by atoms with Crippen LogP contribution in [0.25, 0.3) is 11.0 Å². The molecule has 1 aliphatic heterocycles. The molecule has 0 unspecified atom stereocenters. The van der Waals surface area contributed by atoms with Gasteiger partial charge < -0.3 is 20.1 Å². The van der Waals surface area contributed by atoms with Crippen molar-refractivity contribution >= 4 is 28.5 Å². The molecule has 110 valence electrons. The first-order chi connectivity index (χ1) is 10.0. The maximum Gasteiger partial charge on any atom is 0.156 e. The van der Waals surface area contributed by atoms with E-state index in [9.17, 15) is 5.11 Å². The van der Waals surface area contributed by atoms with Crippen molar-refractivity contribution in [3.05, 3.63) is 17.5 Å². The van der Waals surface area contributed by atoms with Crippen molar-refractivity contribution in [3.8, 4) is 12.3 Å². The van der Waals surface area contributed by atoms with Crippen LogP contribution in [0.2, 0.25) is 5.02 Å². The normalized spacial score (nSPS) is 28.9. The predicted octanol–water partition coefficient (Wildman–Crippen LogP) is 1.59. The van der Waals surface area contributed by atoms with Gasteiger partial charge in [-0.1, -0.05) is 24.4 Å². The Morgan fingerprint density at radius 1 is 1.67 bits per heavy atom. The average Bonchev–Trinajstić information content (AvgIpc) is 2.98. The lowest BCUT2D eigenvalue weighted by atomic mass is 9.90. The van der Waals surface area contributed by atoms with Gasteiger partial charge in [0, 0.05) is 12.1 Å². The monoisotopic (exact) mass is 306 g/mol. The molecular formula is C14H15ClN4O2. The van der Waals surface area contributed by atoms with Gasteiger partial charge in [0.2, 0.25) is 0 Å². The summed E-state index contributed by atoms with van der Waals surface area (Å²) in [5.74, 6) is 2.89. The number of halogens is 1. The van der Waals surface area contributed by atoms with Crippen LogP contribution in [0.15, 0.2) is 12.5 Å². The van der Waals surface area contributed by atoms with Gasteiger partial charge in [0.15, 0.2) is 5.60 Å². The lowest BCUT2D eigenvalue weighted by molar-refractivity contribution is -0.0715. The molecule has 0 radical (unpaired) electrons. The summed E-state index contributed by atoms with van der Waals surface area (Å²) in [5.41, 5.74) is 5.45. The van der Waals surface area contributed by atoms with Crippen LogP contribution in [0.4, 0.5) is 5.82 Å². The molecule has 0 spiro atoms. The molecule has 3 heterocycles. The van der Waals surface area contributed by atoms with Gasteiger partial charge in [0.25, 0.3) is 0 Å². The van der Waals surface area contributed by atoms with Crippen LogP contribution in [0.3, 0.4) is 0 Å². The van der Waals surface area contributed by atoms with E-state index >= 15 is 0 Å². The fourth-order valence-corrected chi connectivity index (χ4v) is 3.05. The number of anilines is 1. The zero-order chi connectivity index (χ0) is 15.2. The van der Waals surface area contributed by atoms with Gasteiger partial charge in [-0.15, -0.1) is 6.42 Å². The third kappa shape index (κ3) is 1.97. The second-order valence-electron chi connectivity index (χ2n) is 5.24. The summed E-state index contributed by atoms with van der Waals surface area (Å²) in [6, 6.07) is 0. The van der Waals surface area contributed by atoms with Crippen LogP contribution in [0.1, 0.15) is 19.6 Å². The molecule has 1 saturated heterocycles. The number of terminal acetylenes is 1. The van der Waals surface area contributed by atoms with Crippen LogP contribution in [0.5, 0.6) is 0 Å². The van der Waals surface area contributed by atoms with Crippen molar-refractivity contribution in [3.63, 3.8) is 0 Å². The standard InChI is InChI=1S/C14H15ClN4O2/c1-3-14(6-20)8(2)4-10(21-14)19-5-9(15)11-12(16)17-7-18-13(11)19/h1,5,7-8,10,20H,4,6H2,2H3,(H2,16,17,18)/t8-,10+,14+/m0/s1. The molecule has 0 aromatic carbocycles. The smallest absolute Gasteiger partial charge is 0.156 e. The number of aliphatic hydroxyl groups is 1. The van der Waals surface area contributed by atoms with Crippen LogP contribution in [-0.4, -0.2) is 31.8 Å². The Kier molecular flexibility index (Phi) is 3.29. The number of nitrogens with two attached hydrogens (primary N) is 1. The Labute approximate surface area is 126 Å². The van der Waals surface area contributed by atoms with Gasteiger partial charge in [0.1, 0.15) is 24.0 Å². The second kappa shape index (κ2) is 4.88. The number of nitrogens with zero attached hydrogens (tertiary/aromatic N) is 3. The number of nitrogen functional groups attached to an aromatic ring is 1. The van der Waals surface area contributed by atoms with Crippen molar-refractivity contribution in [2.24, 2.45) is 5.92 Å². The van der Waals surface area contributed by atoms with Gasteiger partial charge in [-0.25, -0.2) is 9.97 Å². The Bertz CT molecular complexity index is 738. The zero-order valence-corrected chi connectivity index (χ0v) is 12.2. The van der Waals surface area contributed by atoms with Crippen LogP contribution < -0.4 is 5.73 Å². The predicted molar refractivity (Wildman–Crippen MR) is 79.5 cm³/mol. The first-order valence-corrected chi connectivity index (χ1v) is 6.93. The highest BCUT2D eigenvalue weighted by molar-refractivity contribution is 6.36. The van der Waals surface area contributed by atoms with E-state index in [-0.39, 0.29) is 18.8 Å². The van der Waals surface area contributed by atoms with Crippen LogP contribution in [-0.2, 0) is 4.74 Å². The Morgan fingerprint density at radius 3 is 3.05 bits per heavy atom. The lowest BCUT2D eigenvalue weighted by Gasteiger charge is -2.24. The topological polar surface area (TPSA) is 86.2 Å². The van der Waals surface area contributed by atoms with Crippen LogP contribution in [0, 0.1) is 18.3 Å². The maximum atomic E-state index is 9.57. The van der Waals surface area contributed by atoms with E-state index in [0.717, 1.165) is 0 Å². The summed E-state index contributed by atoms with van der Waals surface area (Å²) >= 11 is 6.21. The summed E-state index contributed by atoms with van der Waals surface area (Å²) in [6.07, 6.45) is 8.91. The number of ether oxygens (including phenoxy) is 1. The molecule has 3 rings (SSSR count). The summed E-state index contributed by atoms with van der Waals surface area (Å²) in [4.78, 5) is 8.16. The van der Waals surface area contributed by atoms with Gasteiger partial charge >= 0.3 is 0 Å². The van der Waals surface area contributed by atoms with Crippen LogP contribution >= 0.6 is 11.6 Å². The molecular weight excluding hydrogens is 292 g/mol. The minimum Gasteiger partial charge on any atom is -0.392 e. The molecule has 0 saturated carbocycles. The second-order valence-corrected chi connectivity index (χ2v) is 5.65. The lowest BCUT2D eigenvalue weighted by Crippen LogP contribution is -2.36. The molecule has 6 nitrogen and oxygen atoms in total. The third-order valence-electron chi connectivity index (χ3n) is 4.08. The summed E-state index contributed by atoms with van der Waals surface area (Å²) < 4.78 is 7.72. The van der Waals surface area contributed by atoms with E-state index in [1.54, 1.807) is 10.8 Å². The number of aliphatic hydroxyl groups excluding tert-OH is 1. The van der Waals surface area contributed by atoms with Crippen molar-refractivity contribution in [2.75, 3.05) is 12.3 Å². The number of hydrogen-bond acceptors (Lipinski definition) is 5. The molecule has 2 aromatic heterocycles. The summed E-state index contributed by atoms with van der Waals surface area (Å²) in [5, 5.41) is 10.6. The van der Waals surface area contributed by atoms with Gasteiger partial charge in [-0.3, -0.25) is 0 Å². The van der Waals surface area contributed by atoms with Gasteiger partial charge in [-0.2, -0.15) is 0 Å². The zero-order valence-electron chi connectivity index (χ0n) is 11.5. The fraction of sp³-hybridized carbons (Fsp3) is 0.429. The number of rotatable bonds is 2. The molecule has 1 aliphatic rings. The summed E-state index contributed by atoms with van der Waals surface area (Å²) in [7, 11) is 0. The summed E-state index contributed by atoms with van der Waals surface area (Å²) in [6.45, 7) is 1.72. The molecule has 0 aliphatic carbocycles. The molecule has 0 amide bonds. The Balaban J connectivity index is 2.08. The highest BCUT2D eigenvalue weighted by Gasteiger charge is 2.45. The number of fused-ring (bicyclic) bond motifs is 1. The van der Waals surface area contributed by atoms with E-state index in [0.29, 0.717) is 28.3 Å². The number of hydrogen-bond donors (Lipinski definition) is 2. The van der Waals surface area contributed by atoms with Crippen molar-refractivity contribution in [1.82, 2.24) is 14.5 Å². The Morgan fingerprint density at radius 2 is 2.43 bits per heavy atom. The van der Waals surface area contributed by atoms with Crippen molar-refractivity contribution in [2.45, 2.75) is 25.2 Å². The van der Waals surface area contributed by atoms with E-state index in [2.05, 4.69) is 15.9 Å². The number of aromatic nitrogens is 3.